The highest BCUT2D eigenvalue weighted by molar-refractivity contribution is 7.10. The van der Waals surface area contributed by atoms with Crippen LogP contribution >= 0.6 is 11.3 Å². The van der Waals surface area contributed by atoms with Crippen molar-refractivity contribution in [2.24, 2.45) is 0 Å². The van der Waals surface area contributed by atoms with Crippen LogP contribution < -0.4 is 5.56 Å². The molecule has 0 saturated carbocycles. The fraction of sp³-hybridized carbons (Fsp3) is 0.286. The largest absolute Gasteiger partial charge is 0.431 e. The molecule has 1 aliphatic rings. The average molecular weight is 328 g/mol. The third-order valence-corrected chi connectivity index (χ3v) is 4.56. The molecule has 1 aliphatic heterocycles. The molecule has 116 valence electrons. The van der Waals surface area contributed by atoms with Crippen LogP contribution in [-0.2, 0) is 19.1 Å². The first kappa shape index (κ1) is 14.8. The summed E-state index contributed by atoms with van der Waals surface area (Å²) in [6, 6.07) is 3.57. The van der Waals surface area contributed by atoms with Crippen molar-refractivity contribution in [3.8, 4) is 0 Å². The molecule has 3 heterocycles. The molecule has 0 unspecified atom stereocenters. The number of nitrogens with zero attached hydrogens (tertiary/aromatic N) is 1. The number of fused-ring (bicyclic) bond motifs is 1. The van der Waals surface area contributed by atoms with E-state index in [9.17, 15) is 22.8 Å². The number of halogens is 3. The zero-order valence-corrected chi connectivity index (χ0v) is 12.1. The van der Waals surface area contributed by atoms with E-state index in [0.717, 1.165) is 11.6 Å². The topological polar surface area (TPSA) is 53.2 Å². The number of hydrogen-bond donors (Lipinski definition) is 1. The molecule has 0 atom stereocenters. The molecule has 0 aromatic carbocycles. The van der Waals surface area contributed by atoms with Gasteiger partial charge in [0.05, 0.1) is 0 Å². The number of H-pyrrole nitrogens is 1. The van der Waals surface area contributed by atoms with Crippen molar-refractivity contribution in [3.05, 3.63) is 55.6 Å². The third kappa shape index (κ3) is 2.66. The van der Waals surface area contributed by atoms with E-state index in [4.69, 9.17) is 0 Å². The molecule has 2 aromatic heterocycles. The molecule has 0 spiro atoms. The monoisotopic (exact) mass is 328 g/mol. The van der Waals surface area contributed by atoms with Gasteiger partial charge in [-0.05, 0) is 35.6 Å². The predicted molar refractivity (Wildman–Crippen MR) is 74.8 cm³/mol. The molecule has 4 nitrogen and oxygen atoms in total. The number of thiophene rings is 1. The van der Waals surface area contributed by atoms with E-state index in [1.54, 1.807) is 16.3 Å². The van der Waals surface area contributed by atoms with Gasteiger partial charge in [0.1, 0.15) is 11.3 Å². The second-order valence-corrected chi connectivity index (χ2v) is 5.96. The zero-order valence-electron chi connectivity index (χ0n) is 11.2. The highest BCUT2D eigenvalue weighted by Gasteiger charge is 2.33. The van der Waals surface area contributed by atoms with Gasteiger partial charge in [0, 0.05) is 18.0 Å². The molecule has 0 bridgehead atoms. The number of pyridine rings is 1. The van der Waals surface area contributed by atoms with E-state index < -0.39 is 23.3 Å². The minimum Gasteiger partial charge on any atom is -0.334 e. The van der Waals surface area contributed by atoms with Crippen molar-refractivity contribution >= 4 is 17.2 Å². The molecule has 3 rings (SSSR count). The van der Waals surface area contributed by atoms with Gasteiger partial charge in [-0.15, -0.1) is 11.3 Å². The lowest BCUT2D eigenvalue weighted by atomic mass is 10.1. The van der Waals surface area contributed by atoms with Crippen LogP contribution in [0.15, 0.2) is 28.4 Å². The van der Waals surface area contributed by atoms with Crippen molar-refractivity contribution in [2.75, 3.05) is 6.54 Å². The normalized spacial score (nSPS) is 14.8. The van der Waals surface area contributed by atoms with Gasteiger partial charge in [0.2, 0.25) is 0 Å². The molecule has 2 aromatic rings. The number of rotatable bonds is 1. The van der Waals surface area contributed by atoms with E-state index in [-0.39, 0.29) is 5.56 Å². The maximum Gasteiger partial charge on any atom is 0.431 e. The van der Waals surface area contributed by atoms with Gasteiger partial charge in [-0.2, -0.15) is 13.2 Å². The first-order valence-electron chi connectivity index (χ1n) is 6.51. The summed E-state index contributed by atoms with van der Waals surface area (Å²) in [7, 11) is 0. The lowest BCUT2D eigenvalue weighted by molar-refractivity contribution is -0.141. The smallest absolute Gasteiger partial charge is 0.334 e. The Bertz CT molecular complexity index is 779. The summed E-state index contributed by atoms with van der Waals surface area (Å²) < 4.78 is 37.6. The van der Waals surface area contributed by atoms with E-state index in [1.807, 2.05) is 11.4 Å². The van der Waals surface area contributed by atoms with Crippen LogP contribution in [0.1, 0.15) is 26.5 Å². The summed E-state index contributed by atoms with van der Waals surface area (Å²) in [5, 5.41) is 1.93. The second kappa shape index (κ2) is 5.28. The summed E-state index contributed by atoms with van der Waals surface area (Å²) in [4.78, 5) is 28.5. The highest BCUT2D eigenvalue weighted by Crippen LogP contribution is 2.27. The van der Waals surface area contributed by atoms with Crippen LogP contribution in [0.3, 0.4) is 0 Å². The van der Waals surface area contributed by atoms with Crippen LogP contribution in [0.4, 0.5) is 13.2 Å². The standard InChI is InChI=1S/C14H11F3N2O2S/c15-14(16,17)11-2-1-9(12(20)18-11)13(21)19-5-3-10-8(7-19)4-6-22-10/h1-2,4,6H,3,5,7H2,(H,18,20). The Hall–Kier alpha value is -2.09. The molecule has 0 aliphatic carbocycles. The maximum atomic E-state index is 12.5. The minimum absolute atomic E-state index is 0.272. The van der Waals surface area contributed by atoms with E-state index in [0.29, 0.717) is 25.6 Å². The SMILES string of the molecule is O=C(c1ccc(C(F)(F)F)[nH]c1=O)N1CCc2sccc2C1. The van der Waals surface area contributed by atoms with Gasteiger partial charge < -0.3 is 9.88 Å². The van der Waals surface area contributed by atoms with Gasteiger partial charge >= 0.3 is 6.18 Å². The maximum absolute atomic E-state index is 12.5. The Morgan fingerprint density at radius 1 is 1.27 bits per heavy atom. The molecular weight excluding hydrogens is 317 g/mol. The number of nitrogens with one attached hydrogen (secondary N) is 1. The number of aromatic nitrogens is 1. The quantitative estimate of drug-likeness (QED) is 0.875. The van der Waals surface area contributed by atoms with Crippen molar-refractivity contribution in [1.29, 1.82) is 0 Å². The second-order valence-electron chi connectivity index (χ2n) is 4.96. The number of alkyl halides is 3. The predicted octanol–water partition coefficient (Wildman–Crippen LogP) is 2.65. The molecule has 0 fully saturated rings. The fourth-order valence-electron chi connectivity index (χ4n) is 2.40. The van der Waals surface area contributed by atoms with Crippen molar-refractivity contribution < 1.29 is 18.0 Å². The van der Waals surface area contributed by atoms with Crippen molar-refractivity contribution in [2.45, 2.75) is 19.1 Å². The fourth-order valence-corrected chi connectivity index (χ4v) is 3.29. The molecule has 22 heavy (non-hydrogen) atoms. The van der Waals surface area contributed by atoms with Gasteiger partial charge in [0.15, 0.2) is 0 Å². The lowest BCUT2D eigenvalue weighted by Crippen LogP contribution is -2.38. The zero-order chi connectivity index (χ0) is 15.9. The Morgan fingerprint density at radius 2 is 2.05 bits per heavy atom. The summed E-state index contributed by atoms with van der Waals surface area (Å²) in [5.41, 5.74) is -1.43. The Kier molecular flexibility index (Phi) is 3.56. The Morgan fingerprint density at radius 3 is 2.73 bits per heavy atom. The lowest BCUT2D eigenvalue weighted by Gasteiger charge is -2.26. The van der Waals surface area contributed by atoms with E-state index >= 15 is 0 Å². The summed E-state index contributed by atoms with van der Waals surface area (Å²) in [5.74, 6) is -0.549. The van der Waals surface area contributed by atoms with Crippen LogP contribution in [0.2, 0.25) is 0 Å². The van der Waals surface area contributed by atoms with E-state index in [1.165, 1.54) is 9.78 Å². The Balaban J connectivity index is 1.86. The molecule has 1 amide bonds. The van der Waals surface area contributed by atoms with Crippen molar-refractivity contribution in [3.63, 3.8) is 0 Å². The number of amides is 1. The first-order chi connectivity index (χ1) is 10.4. The molecular formula is C14H11F3N2O2S. The van der Waals surface area contributed by atoms with Gasteiger partial charge in [-0.3, -0.25) is 9.59 Å². The number of aromatic amines is 1. The van der Waals surface area contributed by atoms with Crippen molar-refractivity contribution in [1.82, 2.24) is 9.88 Å². The van der Waals surface area contributed by atoms with Crippen LogP contribution in [0.25, 0.3) is 0 Å². The van der Waals surface area contributed by atoms with E-state index in [2.05, 4.69) is 0 Å². The molecule has 0 saturated heterocycles. The highest BCUT2D eigenvalue weighted by atomic mass is 32.1. The van der Waals surface area contributed by atoms with Crippen LogP contribution in [-0.4, -0.2) is 22.3 Å². The molecule has 0 radical (unpaired) electrons. The summed E-state index contributed by atoms with van der Waals surface area (Å²) in [6.07, 6.45) is -3.95. The molecule has 1 N–H and O–H groups in total. The summed E-state index contributed by atoms with van der Waals surface area (Å²) in [6.45, 7) is 0.824. The first-order valence-corrected chi connectivity index (χ1v) is 7.39. The third-order valence-electron chi connectivity index (χ3n) is 3.54. The van der Waals surface area contributed by atoms with Gasteiger partial charge in [-0.25, -0.2) is 0 Å². The Labute approximate surface area is 127 Å². The average Bonchev–Trinajstić information content (AvgIpc) is 2.92. The number of hydrogen-bond acceptors (Lipinski definition) is 3. The summed E-state index contributed by atoms with van der Waals surface area (Å²) >= 11 is 1.61. The number of carbonyl (C=O) groups is 1. The molecule has 8 heteroatoms. The minimum atomic E-state index is -4.64. The van der Waals surface area contributed by atoms with Gasteiger partial charge in [-0.1, -0.05) is 0 Å². The number of carbonyl (C=O) groups excluding carboxylic acids is 1. The van der Waals surface area contributed by atoms with Gasteiger partial charge in [0.25, 0.3) is 11.5 Å². The van der Waals surface area contributed by atoms with Crippen LogP contribution in [0, 0.1) is 0 Å². The van der Waals surface area contributed by atoms with Crippen LogP contribution in [0.5, 0.6) is 0 Å².